The van der Waals surface area contributed by atoms with E-state index in [4.69, 9.17) is 16.3 Å². The normalized spacial score (nSPS) is 23.4. The molecule has 16 heavy (non-hydrogen) atoms. The summed E-state index contributed by atoms with van der Waals surface area (Å²) < 4.78 is 19.2. The van der Waals surface area contributed by atoms with Crippen LogP contribution in [0.3, 0.4) is 0 Å². The van der Waals surface area contributed by atoms with Crippen LogP contribution in [-0.2, 0) is 0 Å². The van der Waals surface area contributed by atoms with Gasteiger partial charge in [-0.3, -0.25) is 0 Å². The fraction of sp³-hybridized carbons (Fsp3) is 0.417. The van der Waals surface area contributed by atoms with E-state index in [1.54, 1.807) is 12.1 Å². The molecule has 1 aliphatic rings. The van der Waals surface area contributed by atoms with Gasteiger partial charge in [0.25, 0.3) is 0 Å². The molecule has 2 nitrogen and oxygen atoms in total. The standard InChI is InChI=1S/C12H13ClFNO/c1-3-7-12(2)15-11(13)8-5-4-6-9(14)10(8)16-12/h4-6H,3,7H2,1-2H3. The minimum atomic E-state index is -0.749. The zero-order chi connectivity index (χ0) is 11.8. The van der Waals surface area contributed by atoms with Gasteiger partial charge in [0.1, 0.15) is 5.17 Å². The fourth-order valence-corrected chi connectivity index (χ4v) is 2.18. The Labute approximate surface area is 99.1 Å². The predicted octanol–water partition coefficient (Wildman–Crippen LogP) is 3.72. The van der Waals surface area contributed by atoms with E-state index in [0.717, 1.165) is 6.42 Å². The Morgan fingerprint density at radius 2 is 2.25 bits per heavy atom. The zero-order valence-corrected chi connectivity index (χ0v) is 10.0. The first-order chi connectivity index (χ1) is 7.56. The van der Waals surface area contributed by atoms with E-state index >= 15 is 0 Å². The highest BCUT2D eigenvalue weighted by molar-refractivity contribution is 6.70. The van der Waals surface area contributed by atoms with Crippen molar-refractivity contribution >= 4 is 16.8 Å². The summed E-state index contributed by atoms with van der Waals surface area (Å²) in [6.07, 6.45) is 1.60. The highest BCUT2D eigenvalue weighted by atomic mass is 35.5. The molecule has 1 heterocycles. The quantitative estimate of drug-likeness (QED) is 0.773. The minimum Gasteiger partial charge on any atom is -0.463 e. The molecular weight excluding hydrogens is 229 g/mol. The van der Waals surface area contributed by atoms with Gasteiger partial charge >= 0.3 is 0 Å². The van der Waals surface area contributed by atoms with Crippen LogP contribution in [0.4, 0.5) is 4.39 Å². The van der Waals surface area contributed by atoms with Gasteiger partial charge in [0.2, 0.25) is 0 Å². The molecule has 2 rings (SSSR count). The van der Waals surface area contributed by atoms with Gasteiger partial charge in [0.05, 0.1) is 5.56 Å². The largest absolute Gasteiger partial charge is 0.463 e. The second kappa shape index (κ2) is 4.06. The number of para-hydroxylation sites is 1. The molecule has 1 aliphatic heterocycles. The molecular formula is C12H13ClFNO. The molecule has 86 valence electrons. The van der Waals surface area contributed by atoms with Crippen LogP contribution in [0.1, 0.15) is 32.3 Å². The maximum atomic E-state index is 13.6. The molecule has 0 saturated heterocycles. The van der Waals surface area contributed by atoms with Crippen molar-refractivity contribution in [2.45, 2.75) is 32.4 Å². The van der Waals surface area contributed by atoms with Gasteiger partial charge in [-0.1, -0.05) is 31.0 Å². The third-order valence-corrected chi connectivity index (χ3v) is 2.85. The van der Waals surface area contributed by atoms with Crippen LogP contribution in [0.25, 0.3) is 0 Å². The molecule has 0 saturated carbocycles. The Morgan fingerprint density at radius 1 is 1.50 bits per heavy atom. The van der Waals surface area contributed by atoms with Crippen molar-refractivity contribution in [2.75, 3.05) is 0 Å². The monoisotopic (exact) mass is 241 g/mol. The second-order valence-electron chi connectivity index (χ2n) is 4.05. The van der Waals surface area contributed by atoms with Gasteiger partial charge in [-0.15, -0.1) is 0 Å². The van der Waals surface area contributed by atoms with Crippen molar-refractivity contribution in [1.82, 2.24) is 0 Å². The van der Waals surface area contributed by atoms with Crippen LogP contribution in [0.15, 0.2) is 23.2 Å². The molecule has 0 spiro atoms. The van der Waals surface area contributed by atoms with E-state index in [1.165, 1.54) is 6.07 Å². The fourth-order valence-electron chi connectivity index (χ4n) is 1.86. The van der Waals surface area contributed by atoms with Crippen LogP contribution in [0, 0.1) is 5.82 Å². The molecule has 0 bridgehead atoms. The number of rotatable bonds is 2. The number of hydrogen-bond donors (Lipinski definition) is 0. The molecule has 1 aromatic carbocycles. The van der Waals surface area contributed by atoms with Crippen molar-refractivity contribution < 1.29 is 9.13 Å². The number of benzene rings is 1. The van der Waals surface area contributed by atoms with Crippen LogP contribution in [0.5, 0.6) is 5.75 Å². The van der Waals surface area contributed by atoms with Gasteiger partial charge in [0, 0.05) is 6.42 Å². The van der Waals surface area contributed by atoms with Crippen molar-refractivity contribution in [3.8, 4) is 5.75 Å². The van der Waals surface area contributed by atoms with Crippen LogP contribution in [0.2, 0.25) is 0 Å². The molecule has 1 aromatic rings. The summed E-state index contributed by atoms with van der Waals surface area (Å²) in [7, 11) is 0. The highest BCUT2D eigenvalue weighted by Gasteiger charge is 2.32. The van der Waals surface area contributed by atoms with Crippen LogP contribution >= 0.6 is 11.6 Å². The lowest BCUT2D eigenvalue weighted by Crippen LogP contribution is -2.34. The number of nitrogens with zero attached hydrogens (tertiary/aromatic N) is 1. The van der Waals surface area contributed by atoms with Gasteiger partial charge in [-0.05, 0) is 19.1 Å². The van der Waals surface area contributed by atoms with Crippen LogP contribution < -0.4 is 4.74 Å². The third kappa shape index (κ3) is 1.92. The molecule has 0 N–H and O–H groups in total. The maximum Gasteiger partial charge on any atom is 0.199 e. The Bertz CT molecular complexity index is 447. The summed E-state index contributed by atoms with van der Waals surface area (Å²) in [4.78, 5) is 4.28. The lowest BCUT2D eigenvalue weighted by molar-refractivity contribution is 0.0791. The van der Waals surface area contributed by atoms with E-state index < -0.39 is 11.5 Å². The maximum absolute atomic E-state index is 13.6. The lowest BCUT2D eigenvalue weighted by Gasteiger charge is -2.31. The van der Waals surface area contributed by atoms with Crippen molar-refractivity contribution in [2.24, 2.45) is 4.99 Å². The van der Waals surface area contributed by atoms with E-state index in [1.807, 2.05) is 13.8 Å². The smallest absolute Gasteiger partial charge is 0.199 e. The van der Waals surface area contributed by atoms with E-state index in [9.17, 15) is 4.39 Å². The van der Waals surface area contributed by atoms with Gasteiger partial charge in [-0.25, -0.2) is 9.38 Å². The SMILES string of the molecule is CCCC1(C)N=C(Cl)c2cccc(F)c2O1. The molecule has 0 radical (unpaired) electrons. The summed E-state index contributed by atoms with van der Waals surface area (Å²) in [5.41, 5.74) is -0.226. The Morgan fingerprint density at radius 3 is 2.94 bits per heavy atom. The third-order valence-electron chi connectivity index (χ3n) is 2.56. The number of halogens is 2. The summed E-state index contributed by atoms with van der Waals surface area (Å²) in [6.45, 7) is 3.84. The summed E-state index contributed by atoms with van der Waals surface area (Å²) in [5.74, 6) is -0.189. The van der Waals surface area contributed by atoms with Crippen LogP contribution in [-0.4, -0.2) is 10.9 Å². The Balaban J connectivity index is 2.47. The minimum absolute atomic E-state index is 0.207. The molecule has 1 unspecified atom stereocenters. The van der Waals surface area contributed by atoms with Gasteiger partial charge < -0.3 is 4.74 Å². The van der Waals surface area contributed by atoms with Gasteiger partial charge in [-0.2, -0.15) is 0 Å². The molecule has 4 heteroatoms. The number of ether oxygens (including phenoxy) is 1. The number of hydrogen-bond acceptors (Lipinski definition) is 2. The first-order valence-corrected chi connectivity index (χ1v) is 5.67. The van der Waals surface area contributed by atoms with Gasteiger partial charge in [0.15, 0.2) is 17.3 Å². The molecule has 0 aliphatic carbocycles. The van der Waals surface area contributed by atoms with Crippen molar-refractivity contribution in [3.63, 3.8) is 0 Å². The number of fused-ring (bicyclic) bond motifs is 1. The predicted molar refractivity (Wildman–Crippen MR) is 62.7 cm³/mol. The van der Waals surface area contributed by atoms with E-state index in [0.29, 0.717) is 17.2 Å². The van der Waals surface area contributed by atoms with Crippen molar-refractivity contribution in [3.05, 3.63) is 29.6 Å². The lowest BCUT2D eigenvalue weighted by atomic mass is 10.1. The highest BCUT2D eigenvalue weighted by Crippen LogP contribution is 2.35. The zero-order valence-electron chi connectivity index (χ0n) is 9.26. The summed E-state index contributed by atoms with van der Waals surface area (Å²) in [5, 5.41) is 0.316. The Hall–Kier alpha value is -1.09. The average Bonchev–Trinajstić information content (AvgIpc) is 2.20. The molecule has 0 aromatic heterocycles. The molecule has 0 amide bonds. The molecule has 1 atom stereocenters. The Kier molecular flexibility index (Phi) is 2.89. The van der Waals surface area contributed by atoms with Crippen molar-refractivity contribution in [1.29, 1.82) is 0 Å². The first-order valence-electron chi connectivity index (χ1n) is 5.29. The molecule has 0 fully saturated rings. The topological polar surface area (TPSA) is 21.6 Å². The number of aliphatic imine (C=N–C) groups is 1. The summed E-state index contributed by atoms with van der Waals surface area (Å²) in [6, 6.07) is 4.66. The van der Waals surface area contributed by atoms with E-state index in [-0.39, 0.29) is 5.75 Å². The summed E-state index contributed by atoms with van der Waals surface area (Å²) >= 11 is 6.04. The average molecular weight is 242 g/mol. The van der Waals surface area contributed by atoms with E-state index in [2.05, 4.69) is 4.99 Å². The second-order valence-corrected chi connectivity index (χ2v) is 4.40. The first kappa shape index (κ1) is 11.4.